The Hall–Kier alpha value is -2.29. The molecule has 2 amide bonds. The van der Waals surface area contributed by atoms with Crippen LogP contribution in [0.5, 0.6) is 0 Å². The predicted molar refractivity (Wildman–Crippen MR) is 168 cm³/mol. The van der Waals surface area contributed by atoms with Crippen LogP contribution in [0, 0.1) is 17.8 Å². The molecule has 0 aromatic heterocycles. The van der Waals surface area contributed by atoms with Gasteiger partial charge in [0, 0.05) is 13.1 Å². The van der Waals surface area contributed by atoms with Crippen molar-refractivity contribution in [3.05, 3.63) is 63.6 Å². The zero-order valence-corrected chi connectivity index (χ0v) is 26.9. The molecule has 2 aromatic rings. The van der Waals surface area contributed by atoms with E-state index in [0.717, 1.165) is 34.7 Å². The molecule has 7 nitrogen and oxygen atoms in total. The molecule has 0 radical (unpaired) electrons. The number of sulfonamides is 1. The van der Waals surface area contributed by atoms with Crippen molar-refractivity contribution in [2.24, 2.45) is 17.8 Å². The number of carbonyl (C=O) groups excluding carboxylic acids is 2. The molecule has 1 N–H and O–H groups in total. The van der Waals surface area contributed by atoms with Gasteiger partial charge in [-0.2, -0.15) is 0 Å². The summed E-state index contributed by atoms with van der Waals surface area (Å²) < 4.78 is 27.2. The van der Waals surface area contributed by atoms with Gasteiger partial charge in [-0.1, -0.05) is 48.3 Å². The summed E-state index contributed by atoms with van der Waals surface area (Å²) in [5.74, 6) is 1.61. The lowest BCUT2D eigenvalue weighted by Crippen LogP contribution is -2.51. The van der Waals surface area contributed by atoms with E-state index in [2.05, 4.69) is 17.4 Å². The Morgan fingerprint density at radius 2 is 1.57 bits per heavy atom. The van der Waals surface area contributed by atoms with Gasteiger partial charge >= 0.3 is 0 Å². The number of benzene rings is 2. The summed E-state index contributed by atoms with van der Waals surface area (Å²) in [6.45, 7) is 3.71. The molecule has 1 atom stereocenters. The third-order valence-electron chi connectivity index (χ3n) is 9.54. The largest absolute Gasteiger partial charge is 0.354 e. The second-order valence-corrected chi connectivity index (χ2v) is 15.5. The van der Waals surface area contributed by atoms with Gasteiger partial charge in [0.15, 0.2) is 0 Å². The van der Waals surface area contributed by atoms with E-state index in [-0.39, 0.29) is 17.9 Å². The van der Waals surface area contributed by atoms with Crippen molar-refractivity contribution in [2.45, 2.75) is 76.8 Å². The number of carbonyl (C=O) groups is 2. The van der Waals surface area contributed by atoms with E-state index in [1.54, 1.807) is 25.1 Å². The summed E-state index contributed by atoms with van der Waals surface area (Å²) >= 11 is 12.3. The third-order valence-corrected chi connectivity index (χ3v) is 11.4. The van der Waals surface area contributed by atoms with E-state index in [0.29, 0.717) is 27.8 Å². The molecule has 228 valence electrons. The van der Waals surface area contributed by atoms with Crippen molar-refractivity contribution < 1.29 is 18.0 Å². The number of hydrogen-bond acceptors (Lipinski definition) is 4. The van der Waals surface area contributed by atoms with Crippen LogP contribution in [-0.4, -0.2) is 50.5 Å². The monoisotopic (exact) mass is 633 g/mol. The molecule has 4 fully saturated rings. The Morgan fingerprint density at radius 1 is 0.976 bits per heavy atom. The highest BCUT2D eigenvalue weighted by atomic mass is 35.5. The van der Waals surface area contributed by atoms with Gasteiger partial charge in [0.2, 0.25) is 21.8 Å². The van der Waals surface area contributed by atoms with Gasteiger partial charge in [0.05, 0.1) is 22.0 Å². The number of anilines is 1. The Bertz CT molecular complexity index is 1390. The lowest BCUT2D eigenvalue weighted by atomic mass is 9.48. The van der Waals surface area contributed by atoms with Gasteiger partial charge in [-0.25, -0.2) is 8.42 Å². The van der Waals surface area contributed by atoms with Gasteiger partial charge in [-0.05, 0) is 110 Å². The first-order valence-corrected chi connectivity index (χ1v) is 17.6. The van der Waals surface area contributed by atoms with E-state index >= 15 is 0 Å². The first-order chi connectivity index (χ1) is 19.9. The first-order valence-electron chi connectivity index (χ1n) is 15.0. The molecule has 0 unspecified atom stereocenters. The smallest absolute Gasteiger partial charge is 0.244 e. The molecule has 4 bridgehead atoms. The molecule has 0 spiro atoms. The number of nitrogens with one attached hydrogen (secondary N) is 1. The maximum atomic E-state index is 13.8. The second kappa shape index (κ2) is 12.4. The average molecular weight is 635 g/mol. The van der Waals surface area contributed by atoms with Crippen molar-refractivity contribution in [2.75, 3.05) is 23.7 Å². The molecule has 4 aliphatic carbocycles. The van der Waals surface area contributed by atoms with Gasteiger partial charge in [-0.15, -0.1) is 0 Å². The molecular formula is C32H41Cl2N3O4S. The topological polar surface area (TPSA) is 86.8 Å². The fourth-order valence-corrected chi connectivity index (χ4v) is 9.04. The number of rotatable bonds is 11. The van der Waals surface area contributed by atoms with E-state index in [1.807, 2.05) is 19.1 Å². The summed E-state index contributed by atoms with van der Waals surface area (Å²) in [6.07, 6.45) is 9.57. The van der Waals surface area contributed by atoms with Crippen LogP contribution in [0.2, 0.25) is 10.0 Å². The van der Waals surface area contributed by atoms with Crippen molar-refractivity contribution in [3.63, 3.8) is 0 Å². The minimum absolute atomic E-state index is 0.0684. The SMILES string of the molecule is CCCNC(=O)[C@H](C)N(Cc1ccc(Cl)c(Cl)c1)C(=O)CN(c1ccc(C23CC4CC(CC(C4)C2)C3)cc1)S(C)(=O)=O. The Balaban J connectivity index is 1.39. The highest BCUT2D eigenvalue weighted by Gasteiger charge is 2.51. The zero-order valence-electron chi connectivity index (χ0n) is 24.6. The second-order valence-electron chi connectivity index (χ2n) is 12.8. The quantitative estimate of drug-likeness (QED) is 0.321. The standard InChI is InChI=1S/C32H41Cl2N3O4S/c1-4-11-35-31(39)21(2)36(19-22-5-10-28(33)29(34)15-22)30(38)20-37(42(3,40)41)27-8-6-26(7-9-27)32-16-23-12-24(17-32)14-25(13-23)18-32/h5-10,15,21,23-25H,4,11-14,16-20H2,1-3H3,(H,35,39)/t21-,23?,24?,25?,32?/m0/s1. The van der Waals surface area contributed by atoms with Crippen LogP contribution in [0.1, 0.15) is 69.9 Å². The normalized spacial score (nSPS) is 25.2. The zero-order chi connectivity index (χ0) is 30.2. The fourth-order valence-electron chi connectivity index (χ4n) is 7.87. The number of nitrogens with zero attached hydrogens (tertiary/aromatic N) is 2. The lowest BCUT2D eigenvalue weighted by Gasteiger charge is -2.57. The lowest BCUT2D eigenvalue weighted by molar-refractivity contribution is -0.139. The minimum Gasteiger partial charge on any atom is -0.354 e. The molecule has 10 heteroatoms. The van der Waals surface area contributed by atoms with E-state index in [9.17, 15) is 18.0 Å². The van der Waals surface area contributed by atoms with Crippen LogP contribution in [0.3, 0.4) is 0 Å². The van der Waals surface area contributed by atoms with Crippen molar-refractivity contribution in [1.82, 2.24) is 10.2 Å². The molecule has 0 heterocycles. The van der Waals surface area contributed by atoms with E-state index < -0.39 is 28.5 Å². The van der Waals surface area contributed by atoms with Gasteiger partial charge < -0.3 is 10.2 Å². The molecular weight excluding hydrogens is 593 g/mol. The Labute approximate surface area is 260 Å². The maximum absolute atomic E-state index is 13.8. The molecule has 4 saturated carbocycles. The first kappa shape index (κ1) is 31.1. The molecule has 0 saturated heterocycles. The Kier molecular flexibility index (Phi) is 9.17. The fraction of sp³-hybridized carbons (Fsp3) is 0.562. The molecule has 42 heavy (non-hydrogen) atoms. The van der Waals surface area contributed by atoms with Crippen LogP contribution in [0.15, 0.2) is 42.5 Å². The number of hydrogen-bond donors (Lipinski definition) is 1. The summed E-state index contributed by atoms with van der Waals surface area (Å²) in [4.78, 5) is 28.2. The minimum atomic E-state index is -3.80. The van der Waals surface area contributed by atoms with Crippen LogP contribution < -0.4 is 9.62 Å². The molecule has 4 aliphatic rings. The molecule has 2 aromatic carbocycles. The maximum Gasteiger partial charge on any atom is 0.244 e. The van der Waals surface area contributed by atoms with Crippen LogP contribution in [0.4, 0.5) is 5.69 Å². The molecule has 0 aliphatic heterocycles. The highest BCUT2D eigenvalue weighted by molar-refractivity contribution is 7.92. The van der Waals surface area contributed by atoms with E-state index in [4.69, 9.17) is 23.2 Å². The Morgan fingerprint density at radius 3 is 2.10 bits per heavy atom. The summed E-state index contributed by atoms with van der Waals surface area (Å²) in [7, 11) is -3.80. The highest BCUT2D eigenvalue weighted by Crippen LogP contribution is 2.60. The van der Waals surface area contributed by atoms with Crippen LogP contribution in [0.25, 0.3) is 0 Å². The number of amides is 2. The summed E-state index contributed by atoms with van der Waals surface area (Å²) in [5.41, 5.74) is 2.60. The predicted octanol–water partition coefficient (Wildman–Crippen LogP) is 6.17. The van der Waals surface area contributed by atoms with E-state index in [1.165, 1.54) is 49.0 Å². The third kappa shape index (κ3) is 6.61. The van der Waals surface area contributed by atoms with Crippen LogP contribution in [-0.2, 0) is 31.6 Å². The molecule has 6 rings (SSSR count). The summed E-state index contributed by atoms with van der Waals surface area (Å²) in [6, 6.07) is 12.0. The summed E-state index contributed by atoms with van der Waals surface area (Å²) in [5, 5.41) is 3.55. The van der Waals surface area contributed by atoms with Crippen molar-refractivity contribution >= 4 is 50.7 Å². The van der Waals surface area contributed by atoms with Gasteiger partial charge in [0.1, 0.15) is 12.6 Å². The van der Waals surface area contributed by atoms with Gasteiger partial charge in [-0.3, -0.25) is 13.9 Å². The van der Waals surface area contributed by atoms with Crippen molar-refractivity contribution in [3.8, 4) is 0 Å². The van der Waals surface area contributed by atoms with Gasteiger partial charge in [0.25, 0.3) is 0 Å². The van der Waals surface area contributed by atoms with Crippen molar-refractivity contribution in [1.29, 1.82) is 0 Å². The average Bonchev–Trinajstić information content (AvgIpc) is 2.93. The number of halogens is 2. The van der Waals surface area contributed by atoms with Crippen LogP contribution >= 0.6 is 23.2 Å².